The van der Waals surface area contributed by atoms with E-state index < -0.39 is 11.9 Å². The molecule has 0 atom stereocenters. The lowest BCUT2D eigenvalue weighted by Gasteiger charge is -2.10. The number of hydrogen-bond acceptors (Lipinski definition) is 6. The average molecular weight is 542 g/mol. The standard InChI is InChI=1S/C23H16Cl4N2O5/c1-32-20-9-13(5-8-18(20)34-23(31)14-6-7-15(24)17(26)10-14)11-28-29-21(30)12-33-19-4-2-3-16(25)22(19)27/h2-11H,12H2,1H3,(H,29,30)/b28-11-. The molecule has 0 spiro atoms. The third-order valence-corrected chi connectivity index (χ3v) is 5.76. The van der Waals surface area contributed by atoms with Crippen molar-refractivity contribution in [3.05, 3.63) is 85.8 Å². The van der Waals surface area contributed by atoms with Gasteiger partial charge < -0.3 is 14.2 Å². The molecule has 3 rings (SSSR count). The number of esters is 1. The minimum Gasteiger partial charge on any atom is -0.493 e. The molecule has 1 amide bonds. The highest BCUT2D eigenvalue weighted by molar-refractivity contribution is 6.43. The zero-order valence-electron chi connectivity index (χ0n) is 17.5. The Morgan fingerprint density at radius 2 is 1.71 bits per heavy atom. The lowest BCUT2D eigenvalue weighted by atomic mass is 10.2. The molecule has 0 aromatic heterocycles. The summed E-state index contributed by atoms with van der Waals surface area (Å²) in [6, 6.07) is 14.0. The first kappa shape index (κ1) is 25.6. The fourth-order valence-electron chi connectivity index (χ4n) is 2.58. The first-order valence-corrected chi connectivity index (χ1v) is 11.0. The molecule has 0 aliphatic rings. The SMILES string of the molecule is COc1cc(/C=N\NC(=O)COc2cccc(Cl)c2Cl)ccc1OC(=O)c1ccc(Cl)c(Cl)c1. The highest BCUT2D eigenvalue weighted by atomic mass is 35.5. The first-order valence-electron chi connectivity index (χ1n) is 9.52. The van der Waals surface area contributed by atoms with Crippen LogP contribution in [0, 0.1) is 0 Å². The van der Waals surface area contributed by atoms with Crippen molar-refractivity contribution in [2.45, 2.75) is 0 Å². The maximum atomic E-state index is 12.4. The second-order valence-electron chi connectivity index (χ2n) is 6.56. The minimum absolute atomic E-state index is 0.187. The third kappa shape index (κ3) is 6.77. The Kier molecular flexibility index (Phi) is 9.01. The second-order valence-corrected chi connectivity index (χ2v) is 8.16. The largest absolute Gasteiger partial charge is 0.493 e. The lowest BCUT2D eigenvalue weighted by Crippen LogP contribution is -2.24. The summed E-state index contributed by atoms with van der Waals surface area (Å²) in [5.41, 5.74) is 3.13. The molecular weight excluding hydrogens is 526 g/mol. The number of benzene rings is 3. The van der Waals surface area contributed by atoms with Crippen molar-refractivity contribution >= 4 is 64.5 Å². The van der Waals surface area contributed by atoms with Crippen LogP contribution in [0.5, 0.6) is 17.2 Å². The Morgan fingerprint density at radius 3 is 2.44 bits per heavy atom. The molecule has 1 N–H and O–H groups in total. The van der Waals surface area contributed by atoms with Gasteiger partial charge >= 0.3 is 5.97 Å². The Bertz CT molecular complexity index is 1250. The van der Waals surface area contributed by atoms with Gasteiger partial charge in [0.15, 0.2) is 18.1 Å². The molecular formula is C23H16Cl4N2O5. The number of hydrazone groups is 1. The molecule has 7 nitrogen and oxygen atoms in total. The zero-order valence-corrected chi connectivity index (χ0v) is 20.5. The smallest absolute Gasteiger partial charge is 0.343 e. The van der Waals surface area contributed by atoms with Crippen molar-refractivity contribution in [2.75, 3.05) is 13.7 Å². The molecule has 0 fully saturated rings. The van der Waals surface area contributed by atoms with E-state index in [4.69, 9.17) is 60.6 Å². The van der Waals surface area contributed by atoms with Gasteiger partial charge in [-0.05, 0) is 54.1 Å². The summed E-state index contributed by atoms with van der Waals surface area (Å²) < 4.78 is 16.0. The molecule has 0 radical (unpaired) electrons. The number of amides is 1. The number of carbonyl (C=O) groups is 2. The lowest BCUT2D eigenvalue weighted by molar-refractivity contribution is -0.123. The zero-order chi connectivity index (χ0) is 24.7. The molecule has 0 bridgehead atoms. The quantitative estimate of drug-likeness (QED) is 0.162. The molecule has 0 heterocycles. The molecule has 0 saturated heterocycles. The first-order chi connectivity index (χ1) is 16.3. The molecule has 176 valence electrons. The Labute approximate surface area is 215 Å². The summed E-state index contributed by atoms with van der Waals surface area (Å²) in [4.78, 5) is 24.4. The van der Waals surface area contributed by atoms with Gasteiger partial charge in [-0.2, -0.15) is 5.10 Å². The van der Waals surface area contributed by atoms with Gasteiger partial charge in [-0.1, -0.05) is 52.5 Å². The summed E-state index contributed by atoms with van der Waals surface area (Å²) >= 11 is 23.7. The van der Waals surface area contributed by atoms with E-state index in [0.717, 1.165) is 0 Å². The van der Waals surface area contributed by atoms with Crippen molar-refractivity contribution in [3.63, 3.8) is 0 Å². The number of hydrogen-bond donors (Lipinski definition) is 1. The third-order valence-electron chi connectivity index (χ3n) is 4.22. The van der Waals surface area contributed by atoms with Gasteiger partial charge in [0.2, 0.25) is 0 Å². The van der Waals surface area contributed by atoms with Gasteiger partial charge in [0.1, 0.15) is 10.8 Å². The molecule has 34 heavy (non-hydrogen) atoms. The number of halogens is 4. The van der Waals surface area contributed by atoms with Gasteiger partial charge in [-0.3, -0.25) is 4.79 Å². The van der Waals surface area contributed by atoms with Crippen LogP contribution in [0.2, 0.25) is 20.1 Å². The number of rotatable bonds is 8. The molecule has 0 aliphatic carbocycles. The van der Waals surface area contributed by atoms with E-state index in [1.807, 2.05) is 0 Å². The fourth-order valence-corrected chi connectivity index (χ4v) is 3.23. The number of nitrogens with one attached hydrogen (secondary N) is 1. The van der Waals surface area contributed by atoms with Crippen LogP contribution >= 0.6 is 46.4 Å². The van der Waals surface area contributed by atoms with Crippen LogP contribution in [0.25, 0.3) is 0 Å². The van der Waals surface area contributed by atoms with Gasteiger partial charge in [-0.25, -0.2) is 10.2 Å². The summed E-state index contributed by atoms with van der Waals surface area (Å²) in [5, 5.41) is 4.96. The van der Waals surface area contributed by atoms with Crippen molar-refractivity contribution in [3.8, 4) is 17.2 Å². The molecule has 0 aliphatic heterocycles. The maximum absolute atomic E-state index is 12.4. The van der Waals surface area contributed by atoms with Gasteiger partial charge in [-0.15, -0.1) is 0 Å². The molecule has 11 heteroatoms. The summed E-state index contributed by atoms with van der Waals surface area (Å²) in [7, 11) is 1.42. The van der Waals surface area contributed by atoms with Crippen LogP contribution in [0.3, 0.4) is 0 Å². The topological polar surface area (TPSA) is 86.2 Å². The Morgan fingerprint density at radius 1 is 0.912 bits per heavy atom. The maximum Gasteiger partial charge on any atom is 0.343 e. The molecule has 3 aromatic carbocycles. The number of methoxy groups -OCH3 is 1. The van der Waals surface area contributed by atoms with E-state index >= 15 is 0 Å². The Hall–Kier alpha value is -2.97. The summed E-state index contributed by atoms with van der Waals surface area (Å²) in [6.07, 6.45) is 1.39. The Balaban J connectivity index is 1.59. The van der Waals surface area contributed by atoms with Crippen molar-refractivity contribution in [1.82, 2.24) is 5.43 Å². The van der Waals surface area contributed by atoms with Crippen LogP contribution in [-0.2, 0) is 4.79 Å². The van der Waals surface area contributed by atoms with E-state index in [2.05, 4.69) is 10.5 Å². The molecule has 3 aromatic rings. The average Bonchev–Trinajstić information content (AvgIpc) is 2.82. The van der Waals surface area contributed by atoms with Crippen LogP contribution in [0.4, 0.5) is 0 Å². The predicted molar refractivity (Wildman–Crippen MR) is 132 cm³/mol. The summed E-state index contributed by atoms with van der Waals surface area (Å²) in [5.74, 6) is -0.394. The fraction of sp³-hybridized carbons (Fsp3) is 0.0870. The van der Waals surface area contributed by atoms with Crippen molar-refractivity contribution in [1.29, 1.82) is 0 Å². The van der Waals surface area contributed by atoms with Crippen LogP contribution in [-0.4, -0.2) is 31.8 Å². The monoisotopic (exact) mass is 540 g/mol. The van der Waals surface area contributed by atoms with Crippen molar-refractivity contribution in [2.24, 2.45) is 5.10 Å². The van der Waals surface area contributed by atoms with E-state index in [1.165, 1.54) is 37.6 Å². The van der Waals surface area contributed by atoms with E-state index in [9.17, 15) is 9.59 Å². The number of ether oxygens (including phenoxy) is 3. The van der Waals surface area contributed by atoms with Crippen LogP contribution in [0.15, 0.2) is 59.7 Å². The van der Waals surface area contributed by atoms with E-state index in [0.29, 0.717) is 15.6 Å². The van der Waals surface area contributed by atoms with Gasteiger partial charge in [0.25, 0.3) is 5.91 Å². The van der Waals surface area contributed by atoms with E-state index in [1.54, 1.807) is 30.3 Å². The normalized spacial score (nSPS) is 10.7. The van der Waals surface area contributed by atoms with Gasteiger partial charge in [0, 0.05) is 0 Å². The van der Waals surface area contributed by atoms with Gasteiger partial charge in [0.05, 0.1) is 34.0 Å². The predicted octanol–water partition coefficient (Wildman–Crippen LogP) is 6.06. The number of carbonyl (C=O) groups excluding carboxylic acids is 2. The molecule has 0 unspecified atom stereocenters. The van der Waals surface area contributed by atoms with Crippen LogP contribution in [0.1, 0.15) is 15.9 Å². The van der Waals surface area contributed by atoms with E-state index in [-0.39, 0.29) is 39.5 Å². The van der Waals surface area contributed by atoms with Crippen LogP contribution < -0.4 is 19.6 Å². The second kappa shape index (κ2) is 11.9. The molecule has 0 saturated carbocycles. The minimum atomic E-state index is -0.634. The van der Waals surface area contributed by atoms with Crippen molar-refractivity contribution < 1.29 is 23.8 Å². The summed E-state index contributed by atoms with van der Waals surface area (Å²) in [6.45, 7) is -0.315. The highest BCUT2D eigenvalue weighted by Crippen LogP contribution is 2.31. The number of nitrogens with zero attached hydrogens (tertiary/aromatic N) is 1. The highest BCUT2D eigenvalue weighted by Gasteiger charge is 2.14.